The Morgan fingerprint density at radius 3 is 2.52 bits per heavy atom. The van der Waals surface area contributed by atoms with Gasteiger partial charge in [-0.15, -0.1) is 0 Å². The Kier molecular flexibility index (Phi) is 6.64. The van der Waals surface area contributed by atoms with Gasteiger partial charge in [-0.25, -0.2) is 0 Å². The van der Waals surface area contributed by atoms with E-state index >= 15 is 0 Å². The Morgan fingerprint density at radius 2 is 1.90 bits per heavy atom. The molecule has 0 aliphatic carbocycles. The first kappa shape index (κ1) is 16.4. The molecule has 0 radical (unpaired) electrons. The van der Waals surface area contributed by atoms with Crippen molar-refractivity contribution in [1.82, 2.24) is 10.6 Å². The van der Waals surface area contributed by atoms with Crippen LogP contribution in [0.3, 0.4) is 0 Å². The van der Waals surface area contributed by atoms with Crippen molar-refractivity contribution in [2.45, 2.75) is 24.4 Å². The summed E-state index contributed by atoms with van der Waals surface area (Å²) in [6.07, 6.45) is 2.46. The highest BCUT2D eigenvalue weighted by molar-refractivity contribution is 5.27. The fourth-order valence-corrected chi connectivity index (χ4v) is 3.13. The summed E-state index contributed by atoms with van der Waals surface area (Å²) in [6, 6.07) is 10.9. The molecule has 2 N–H and O–H groups in total. The van der Waals surface area contributed by atoms with E-state index in [9.17, 15) is 0 Å². The summed E-state index contributed by atoms with van der Waals surface area (Å²) < 4.78 is 10.6. The van der Waals surface area contributed by atoms with Crippen molar-refractivity contribution in [2.75, 3.05) is 47.0 Å². The molecule has 0 aromatic heterocycles. The molecule has 21 heavy (non-hydrogen) atoms. The number of rotatable bonds is 8. The molecule has 1 aliphatic heterocycles. The molecule has 1 aromatic rings. The SMILES string of the molecule is COCC(CNCC1(c2ccccc2)CCNCC1)OC. The molecule has 1 unspecified atom stereocenters. The minimum Gasteiger partial charge on any atom is -0.382 e. The van der Waals surface area contributed by atoms with E-state index in [1.165, 1.54) is 18.4 Å². The lowest BCUT2D eigenvalue weighted by molar-refractivity contribution is 0.0279. The smallest absolute Gasteiger partial charge is 0.0928 e. The predicted molar refractivity (Wildman–Crippen MR) is 85.8 cm³/mol. The number of ether oxygens (including phenoxy) is 2. The Balaban J connectivity index is 1.97. The number of methoxy groups -OCH3 is 2. The molecule has 0 bridgehead atoms. The second-order valence-corrected chi connectivity index (χ2v) is 5.84. The van der Waals surface area contributed by atoms with Crippen LogP contribution >= 0.6 is 0 Å². The number of nitrogens with one attached hydrogen (secondary N) is 2. The van der Waals surface area contributed by atoms with E-state index in [-0.39, 0.29) is 11.5 Å². The van der Waals surface area contributed by atoms with Crippen LogP contribution in [-0.2, 0) is 14.9 Å². The van der Waals surface area contributed by atoms with Crippen molar-refractivity contribution < 1.29 is 9.47 Å². The van der Waals surface area contributed by atoms with Crippen molar-refractivity contribution in [1.29, 1.82) is 0 Å². The third-order valence-electron chi connectivity index (χ3n) is 4.47. The normalized spacial score (nSPS) is 19.3. The van der Waals surface area contributed by atoms with Gasteiger partial charge in [-0.1, -0.05) is 30.3 Å². The lowest BCUT2D eigenvalue weighted by atomic mass is 9.73. The molecule has 1 heterocycles. The molecule has 1 fully saturated rings. The lowest BCUT2D eigenvalue weighted by Crippen LogP contribution is -2.48. The van der Waals surface area contributed by atoms with E-state index in [0.717, 1.165) is 26.2 Å². The maximum absolute atomic E-state index is 5.42. The minimum atomic E-state index is 0.115. The van der Waals surface area contributed by atoms with Gasteiger partial charge in [0.1, 0.15) is 0 Å². The summed E-state index contributed by atoms with van der Waals surface area (Å²) in [6.45, 7) is 4.61. The van der Waals surface area contributed by atoms with E-state index in [1.807, 2.05) is 0 Å². The molecule has 4 nitrogen and oxygen atoms in total. The maximum Gasteiger partial charge on any atom is 0.0928 e. The lowest BCUT2D eigenvalue weighted by Gasteiger charge is -2.39. The average molecular weight is 292 g/mol. The van der Waals surface area contributed by atoms with Gasteiger partial charge in [-0.3, -0.25) is 0 Å². The number of benzene rings is 1. The molecule has 118 valence electrons. The Hall–Kier alpha value is -0.940. The van der Waals surface area contributed by atoms with Gasteiger partial charge >= 0.3 is 0 Å². The van der Waals surface area contributed by atoms with Gasteiger partial charge in [0.15, 0.2) is 0 Å². The monoisotopic (exact) mass is 292 g/mol. The molecule has 0 spiro atoms. The highest BCUT2D eigenvalue weighted by Gasteiger charge is 2.33. The zero-order valence-corrected chi connectivity index (χ0v) is 13.2. The average Bonchev–Trinajstić information content (AvgIpc) is 2.56. The van der Waals surface area contributed by atoms with Crippen LogP contribution in [0.5, 0.6) is 0 Å². The third kappa shape index (κ3) is 4.51. The summed E-state index contributed by atoms with van der Waals surface area (Å²) in [5, 5.41) is 7.06. The molecule has 1 aromatic carbocycles. The summed E-state index contributed by atoms with van der Waals surface area (Å²) in [5.41, 5.74) is 1.68. The van der Waals surface area contributed by atoms with Gasteiger partial charge in [-0.2, -0.15) is 0 Å². The standard InChI is InChI=1S/C17H28N2O2/c1-20-13-16(21-2)12-19-14-17(8-10-18-11-9-17)15-6-4-3-5-7-15/h3-7,16,18-19H,8-14H2,1-2H3. The summed E-state index contributed by atoms with van der Waals surface area (Å²) in [7, 11) is 3.45. The Bertz CT molecular complexity index is 391. The third-order valence-corrected chi connectivity index (χ3v) is 4.47. The van der Waals surface area contributed by atoms with Gasteiger partial charge in [0.25, 0.3) is 0 Å². The first-order valence-electron chi connectivity index (χ1n) is 7.79. The first-order chi connectivity index (χ1) is 10.3. The van der Waals surface area contributed by atoms with Crippen LogP contribution in [-0.4, -0.2) is 53.1 Å². The fraction of sp³-hybridized carbons (Fsp3) is 0.647. The van der Waals surface area contributed by atoms with Crippen LogP contribution < -0.4 is 10.6 Å². The number of hydrogen-bond acceptors (Lipinski definition) is 4. The number of hydrogen-bond donors (Lipinski definition) is 2. The molecule has 1 aliphatic rings. The highest BCUT2D eigenvalue weighted by Crippen LogP contribution is 2.32. The largest absolute Gasteiger partial charge is 0.382 e. The molecule has 1 saturated heterocycles. The fourth-order valence-electron chi connectivity index (χ4n) is 3.13. The minimum absolute atomic E-state index is 0.115. The zero-order valence-electron chi connectivity index (χ0n) is 13.2. The van der Waals surface area contributed by atoms with E-state index in [1.54, 1.807) is 14.2 Å². The van der Waals surface area contributed by atoms with Crippen LogP contribution in [0.15, 0.2) is 30.3 Å². The van der Waals surface area contributed by atoms with Crippen molar-refractivity contribution >= 4 is 0 Å². The van der Waals surface area contributed by atoms with Crippen LogP contribution in [0.4, 0.5) is 0 Å². The van der Waals surface area contributed by atoms with Crippen molar-refractivity contribution in [2.24, 2.45) is 0 Å². The maximum atomic E-state index is 5.42. The topological polar surface area (TPSA) is 42.5 Å². The molecule has 0 saturated carbocycles. The second kappa shape index (κ2) is 8.49. The Morgan fingerprint density at radius 1 is 1.19 bits per heavy atom. The van der Waals surface area contributed by atoms with Crippen LogP contribution in [0, 0.1) is 0 Å². The number of piperidine rings is 1. The molecular weight excluding hydrogens is 264 g/mol. The van der Waals surface area contributed by atoms with Gasteiger partial charge in [0, 0.05) is 32.7 Å². The van der Waals surface area contributed by atoms with Gasteiger partial charge in [-0.05, 0) is 31.5 Å². The molecule has 1 atom stereocenters. The summed E-state index contributed by atoms with van der Waals surface area (Å²) >= 11 is 0. The van der Waals surface area contributed by atoms with E-state index in [4.69, 9.17) is 9.47 Å². The van der Waals surface area contributed by atoms with Crippen LogP contribution in [0.2, 0.25) is 0 Å². The highest BCUT2D eigenvalue weighted by atomic mass is 16.5. The quantitative estimate of drug-likeness (QED) is 0.763. The summed E-state index contributed by atoms with van der Waals surface area (Å²) in [5.74, 6) is 0. The molecule has 4 heteroatoms. The van der Waals surface area contributed by atoms with Crippen molar-refractivity contribution in [3.8, 4) is 0 Å². The van der Waals surface area contributed by atoms with Crippen molar-refractivity contribution in [3.05, 3.63) is 35.9 Å². The summed E-state index contributed by atoms with van der Waals surface area (Å²) in [4.78, 5) is 0. The molecule has 0 amide bonds. The molecule has 2 rings (SSSR count). The second-order valence-electron chi connectivity index (χ2n) is 5.84. The molecular formula is C17H28N2O2. The van der Waals surface area contributed by atoms with Crippen LogP contribution in [0.1, 0.15) is 18.4 Å². The van der Waals surface area contributed by atoms with Gasteiger partial charge in [0.2, 0.25) is 0 Å². The van der Waals surface area contributed by atoms with Crippen molar-refractivity contribution in [3.63, 3.8) is 0 Å². The zero-order chi connectivity index (χ0) is 15.0. The van der Waals surface area contributed by atoms with Crippen LogP contribution in [0.25, 0.3) is 0 Å². The van der Waals surface area contributed by atoms with Gasteiger partial charge < -0.3 is 20.1 Å². The predicted octanol–water partition coefficient (Wildman–Crippen LogP) is 1.56. The van der Waals surface area contributed by atoms with E-state index in [2.05, 4.69) is 41.0 Å². The first-order valence-corrected chi connectivity index (χ1v) is 7.79. The van der Waals surface area contributed by atoms with Gasteiger partial charge in [0.05, 0.1) is 12.7 Å². The van der Waals surface area contributed by atoms with E-state index in [0.29, 0.717) is 6.61 Å². The van der Waals surface area contributed by atoms with E-state index < -0.39 is 0 Å². The Labute approximate surface area is 128 Å².